The Bertz CT molecular complexity index is 733. The molecule has 1 aromatic heterocycles. The summed E-state index contributed by atoms with van der Waals surface area (Å²) in [5.74, 6) is -0.346. The molecule has 0 unspecified atom stereocenters. The van der Waals surface area contributed by atoms with Crippen molar-refractivity contribution in [1.82, 2.24) is 9.44 Å². The van der Waals surface area contributed by atoms with E-state index in [-0.39, 0.29) is 12.3 Å². The average Bonchev–Trinajstić information content (AvgIpc) is 2.84. The molecule has 0 spiro atoms. The minimum Gasteiger partial charge on any atom is -0.624 e. The van der Waals surface area contributed by atoms with Gasteiger partial charge in [0.1, 0.15) is 4.90 Å². The SMILES string of the molecule is CCC[N+]([O-])=Cc1oc(S(=O)(=O)NC)cc1S(=O)(=O)NC. The van der Waals surface area contributed by atoms with E-state index >= 15 is 0 Å². The van der Waals surface area contributed by atoms with Crippen LogP contribution in [-0.4, -0.2) is 48.4 Å². The Balaban J connectivity index is 3.51. The summed E-state index contributed by atoms with van der Waals surface area (Å²) in [7, 11) is -5.61. The molecule has 0 aliphatic carbocycles. The topological polar surface area (TPSA) is 132 Å². The molecule has 0 radical (unpaired) electrons. The van der Waals surface area contributed by atoms with Crippen LogP contribution in [-0.2, 0) is 20.0 Å². The molecule has 2 N–H and O–H groups in total. The van der Waals surface area contributed by atoms with Crippen LogP contribution in [0.1, 0.15) is 19.1 Å². The van der Waals surface area contributed by atoms with E-state index in [9.17, 15) is 22.0 Å². The molecule has 0 atom stereocenters. The van der Waals surface area contributed by atoms with Crippen molar-refractivity contribution >= 4 is 26.3 Å². The van der Waals surface area contributed by atoms with Gasteiger partial charge in [-0.2, -0.15) is 0 Å². The quantitative estimate of drug-likeness (QED) is 0.296. The van der Waals surface area contributed by atoms with Crippen molar-refractivity contribution in [2.45, 2.75) is 23.3 Å². The molecule has 0 amide bonds. The fraction of sp³-hybridized carbons (Fsp3) is 0.500. The summed E-state index contributed by atoms with van der Waals surface area (Å²) in [4.78, 5) is -0.421. The zero-order chi connectivity index (χ0) is 16.3. The van der Waals surface area contributed by atoms with Gasteiger partial charge in [0.2, 0.25) is 27.1 Å². The normalized spacial score (nSPS) is 13.6. The van der Waals surface area contributed by atoms with Gasteiger partial charge in [0.25, 0.3) is 10.0 Å². The van der Waals surface area contributed by atoms with Crippen molar-refractivity contribution in [1.29, 1.82) is 0 Å². The largest absolute Gasteiger partial charge is 0.624 e. The Labute approximate surface area is 123 Å². The van der Waals surface area contributed by atoms with Crippen molar-refractivity contribution in [3.8, 4) is 0 Å². The first-order valence-electron chi connectivity index (χ1n) is 5.97. The van der Waals surface area contributed by atoms with E-state index in [1.54, 1.807) is 6.92 Å². The number of hydrogen-bond acceptors (Lipinski definition) is 6. The first kappa shape index (κ1) is 17.6. The van der Waals surface area contributed by atoms with Crippen molar-refractivity contribution in [2.75, 3.05) is 20.6 Å². The molecular formula is C10H17N3O6S2. The van der Waals surface area contributed by atoms with Crippen LogP contribution < -0.4 is 9.44 Å². The Morgan fingerprint density at radius 2 is 1.81 bits per heavy atom. The Morgan fingerprint density at radius 1 is 1.24 bits per heavy atom. The van der Waals surface area contributed by atoms with Crippen LogP contribution in [0.3, 0.4) is 0 Å². The summed E-state index contributed by atoms with van der Waals surface area (Å²) in [6.07, 6.45) is 1.44. The molecule has 120 valence electrons. The molecule has 0 saturated heterocycles. The minimum atomic E-state index is -3.97. The second-order valence-electron chi connectivity index (χ2n) is 3.98. The maximum absolute atomic E-state index is 11.9. The van der Waals surface area contributed by atoms with E-state index in [1.165, 1.54) is 7.05 Å². The van der Waals surface area contributed by atoms with Crippen LogP contribution in [0.2, 0.25) is 0 Å². The van der Waals surface area contributed by atoms with Gasteiger partial charge in [-0.3, -0.25) is 0 Å². The summed E-state index contributed by atoms with van der Waals surface area (Å²) in [6.45, 7) is 1.89. The Kier molecular flexibility index (Phi) is 5.50. The zero-order valence-electron chi connectivity index (χ0n) is 11.8. The van der Waals surface area contributed by atoms with E-state index in [0.717, 1.165) is 19.3 Å². The van der Waals surface area contributed by atoms with Crippen LogP contribution in [0.25, 0.3) is 0 Å². The molecule has 0 fully saturated rings. The molecule has 0 saturated carbocycles. The van der Waals surface area contributed by atoms with E-state index in [0.29, 0.717) is 11.2 Å². The molecule has 0 aromatic carbocycles. The number of furan rings is 1. The number of sulfonamides is 2. The molecule has 1 aromatic rings. The lowest BCUT2D eigenvalue weighted by atomic mass is 10.4. The van der Waals surface area contributed by atoms with E-state index in [4.69, 9.17) is 4.42 Å². The van der Waals surface area contributed by atoms with Gasteiger partial charge in [0.15, 0.2) is 6.54 Å². The third kappa shape index (κ3) is 4.03. The highest BCUT2D eigenvalue weighted by molar-refractivity contribution is 7.90. The molecule has 0 aliphatic heterocycles. The molecule has 9 nitrogen and oxygen atoms in total. The highest BCUT2D eigenvalue weighted by Crippen LogP contribution is 2.22. The second kappa shape index (κ2) is 6.56. The highest BCUT2D eigenvalue weighted by Gasteiger charge is 2.28. The van der Waals surface area contributed by atoms with Gasteiger partial charge in [-0.05, 0) is 14.1 Å². The van der Waals surface area contributed by atoms with Crippen LogP contribution in [0.4, 0.5) is 0 Å². The molecule has 1 rings (SSSR count). The Morgan fingerprint density at radius 3 is 2.29 bits per heavy atom. The van der Waals surface area contributed by atoms with E-state index in [1.807, 2.05) is 9.44 Å². The van der Waals surface area contributed by atoms with Gasteiger partial charge in [-0.25, -0.2) is 31.0 Å². The van der Waals surface area contributed by atoms with Crippen molar-refractivity contribution in [3.63, 3.8) is 0 Å². The average molecular weight is 339 g/mol. The second-order valence-corrected chi connectivity index (χ2v) is 7.65. The molecule has 1 heterocycles. The maximum atomic E-state index is 11.9. The van der Waals surface area contributed by atoms with Gasteiger partial charge in [0, 0.05) is 12.5 Å². The van der Waals surface area contributed by atoms with Gasteiger partial charge in [-0.15, -0.1) is 0 Å². The number of hydrogen-bond donors (Lipinski definition) is 2. The van der Waals surface area contributed by atoms with Crippen molar-refractivity contribution < 1.29 is 26.0 Å². The number of hydroxylamine groups is 1. The summed E-state index contributed by atoms with van der Waals surface area (Å²) >= 11 is 0. The predicted octanol–water partition coefficient (Wildman–Crippen LogP) is -0.565. The molecule has 21 heavy (non-hydrogen) atoms. The van der Waals surface area contributed by atoms with Gasteiger partial charge in [0.05, 0.1) is 0 Å². The fourth-order valence-electron chi connectivity index (χ4n) is 1.42. The van der Waals surface area contributed by atoms with Crippen molar-refractivity contribution in [3.05, 3.63) is 17.0 Å². The fourth-order valence-corrected chi connectivity index (χ4v) is 3.01. The van der Waals surface area contributed by atoms with Crippen LogP contribution >= 0.6 is 0 Å². The predicted molar refractivity (Wildman–Crippen MR) is 75.2 cm³/mol. The molecule has 0 aliphatic rings. The maximum Gasteiger partial charge on any atom is 0.273 e. The van der Waals surface area contributed by atoms with Crippen LogP contribution in [0.5, 0.6) is 0 Å². The van der Waals surface area contributed by atoms with Gasteiger partial charge in [-0.1, -0.05) is 6.92 Å². The first-order valence-corrected chi connectivity index (χ1v) is 8.94. The van der Waals surface area contributed by atoms with Gasteiger partial charge < -0.3 is 9.62 Å². The smallest absolute Gasteiger partial charge is 0.273 e. The monoisotopic (exact) mass is 339 g/mol. The third-order valence-corrected chi connectivity index (χ3v) is 5.20. The summed E-state index contributed by atoms with van der Waals surface area (Å²) in [5, 5.41) is 10.9. The zero-order valence-corrected chi connectivity index (χ0v) is 13.4. The standard InChI is InChI=1S/C10H17N3O6S2/c1-4-5-13(14)7-8-9(20(15,16)11-2)6-10(19-8)21(17,18)12-3/h6-7,11-12H,4-5H2,1-3H3. The minimum absolute atomic E-state index is 0.119. The molecular weight excluding hydrogens is 322 g/mol. The van der Waals surface area contributed by atoms with E-state index < -0.39 is 30.0 Å². The molecule has 11 heteroatoms. The molecule has 0 bridgehead atoms. The third-order valence-electron chi connectivity index (χ3n) is 2.50. The lowest BCUT2D eigenvalue weighted by molar-refractivity contribution is -0.452. The Hall–Kier alpha value is -1.43. The summed E-state index contributed by atoms with van der Waals surface area (Å²) in [6, 6.07) is 0.850. The van der Waals surface area contributed by atoms with Gasteiger partial charge >= 0.3 is 0 Å². The van der Waals surface area contributed by atoms with Crippen molar-refractivity contribution in [2.24, 2.45) is 0 Å². The highest BCUT2D eigenvalue weighted by atomic mass is 32.2. The lowest BCUT2D eigenvalue weighted by Crippen LogP contribution is -2.20. The summed E-state index contributed by atoms with van der Waals surface area (Å²) < 4.78 is 56.6. The summed E-state index contributed by atoms with van der Waals surface area (Å²) in [5.41, 5.74) is 0. The number of nitrogens with zero attached hydrogens (tertiary/aromatic N) is 1. The van der Waals surface area contributed by atoms with Crippen LogP contribution in [0.15, 0.2) is 20.5 Å². The lowest BCUT2D eigenvalue weighted by Gasteiger charge is -2.02. The number of nitrogens with one attached hydrogen (secondary N) is 2. The number of rotatable bonds is 7. The van der Waals surface area contributed by atoms with Crippen LogP contribution in [0, 0.1) is 5.21 Å². The van der Waals surface area contributed by atoms with E-state index in [2.05, 4.69) is 0 Å². The first-order chi connectivity index (χ1) is 9.67.